The molecule has 4 aromatic rings. The highest BCUT2D eigenvalue weighted by molar-refractivity contribution is 6.02. The van der Waals surface area contributed by atoms with Crippen molar-refractivity contribution in [2.75, 3.05) is 18.8 Å². The smallest absolute Gasteiger partial charge is 0.293 e. The van der Waals surface area contributed by atoms with Crippen molar-refractivity contribution in [2.24, 2.45) is 0 Å². The fraction of sp³-hybridized carbons (Fsp3) is 0.345. The van der Waals surface area contributed by atoms with Gasteiger partial charge in [-0.3, -0.25) is 4.79 Å². The van der Waals surface area contributed by atoms with Crippen molar-refractivity contribution in [2.45, 2.75) is 52.2 Å². The van der Waals surface area contributed by atoms with Gasteiger partial charge in [0.15, 0.2) is 0 Å². The normalized spacial score (nSPS) is 14.1. The lowest BCUT2D eigenvalue weighted by atomic mass is 10.0. The number of benzene rings is 2. The molecule has 0 atom stereocenters. The molecule has 3 N–H and O–H groups in total. The van der Waals surface area contributed by atoms with E-state index >= 15 is 0 Å². The molecule has 194 valence electrons. The molecule has 8 nitrogen and oxygen atoms in total. The summed E-state index contributed by atoms with van der Waals surface area (Å²) >= 11 is 0. The summed E-state index contributed by atoms with van der Waals surface area (Å²) in [6.45, 7) is 10.1. The van der Waals surface area contributed by atoms with E-state index in [1.165, 1.54) is 5.69 Å². The zero-order chi connectivity index (χ0) is 26.4. The summed E-state index contributed by atoms with van der Waals surface area (Å²) in [7, 11) is 0. The summed E-state index contributed by atoms with van der Waals surface area (Å²) in [5.74, 6) is 2.14. The van der Waals surface area contributed by atoms with E-state index in [2.05, 4.69) is 43.6 Å². The predicted molar refractivity (Wildman–Crippen MR) is 147 cm³/mol. The Morgan fingerprint density at radius 3 is 2.24 bits per heavy atom. The van der Waals surface area contributed by atoms with Crippen molar-refractivity contribution in [3.05, 3.63) is 66.6 Å². The molecule has 37 heavy (non-hydrogen) atoms. The Morgan fingerprint density at radius 2 is 1.65 bits per heavy atom. The van der Waals surface area contributed by atoms with E-state index in [-0.39, 0.29) is 5.60 Å². The molecule has 1 fully saturated rings. The van der Waals surface area contributed by atoms with Crippen LogP contribution in [0.3, 0.4) is 0 Å². The van der Waals surface area contributed by atoms with Crippen molar-refractivity contribution < 1.29 is 14.3 Å². The third-order valence-corrected chi connectivity index (χ3v) is 6.26. The number of rotatable bonds is 5. The number of carbonyl (C=O) groups is 1. The van der Waals surface area contributed by atoms with Gasteiger partial charge in [-0.25, -0.2) is 9.97 Å². The first-order chi connectivity index (χ1) is 17.8. The van der Waals surface area contributed by atoms with Crippen molar-refractivity contribution in [3.63, 3.8) is 0 Å². The molecule has 2 aromatic heterocycles. The number of nitrogens with two attached hydrogens (primary N) is 1. The molecule has 1 aliphatic rings. The topological polar surface area (TPSA) is 104 Å². The van der Waals surface area contributed by atoms with Gasteiger partial charge < -0.3 is 25.1 Å². The van der Waals surface area contributed by atoms with Gasteiger partial charge in [0.2, 0.25) is 0 Å². The number of nitrogens with one attached hydrogen (secondary N) is 1. The second kappa shape index (κ2) is 11.4. The summed E-state index contributed by atoms with van der Waals surface area (Å²) in [5.41, 5.74) is 10.3. The number of para-hydroxylation sites is 1. The molecular weight excluding hydrogens is 466 g/mol. The quantitative estimate of drug-likeness (QED) is 0.340. The van der Waals surface area contributed by atoms with Crippen LogP contribution in [0.5, 0.6) is 11.5 Å². The second-order valence-corrected chi connectivity index (χ2v) is 10.0. The number of aromatic nitrogens is 3. The molecular formula is C29H35N5O3. The van der Waals surface area contributed by atoms with Crippen LogP contribution >= 0.6 is 0 Å². The minimum atomic E-state index is -0.318. The third kappa shape index (κ3) is 6.27. The van der Waals surface area contributed by atoms with Gasteiger partial charge >= 0.3 is 0 Å². The highest BCUT2D eigenvalue weighted by atomic mass is 16.5. The van der Waals surface area contributed by atoms with Crippen molar-refractivity contribution in [1.82, 2.24) is 19.9 Å². The zero-order valence-electron chi connectivity index (χ0n) is 21.9. The molecule has 0 unspecified atom stereocenters. The maximum Gasteiger partial charge on any atom is 0.293 e. The van der Waals surface area contributed by atoms with E-state index in [0.717, 1.165) is 59.6 Å². The van der Waals surface area contributed by atoms with Crippen molar-refractivity contribution >= 4 is 23.3 Å². The lowest BCUT2D eigenvalue weighted by Crippen LogP contribution is -2.29. The predicted octanol–water partition coefficient (Wildman–Crippen LogP) is 5.66. The fourth-order valence-electron chi connectivity index (χ4n) is 4.60. The Morgan fingerprint density at radius 1 is 1.00 bits per heavy atom. The lowest BCUT2D eigenvalue weighted by molar-refractivity contribution is -0.138. The Kier molecular flexibility index (Phi) is 8.08. The summed E-state index contributed by atoms with van der Waals surface area (Å²) < 4.78 is 12.9. The number of fused-ring (bicyclic) bond motifs is 1. The van der Waals surface area contributed by atoms with Crippen LogP contribution in [-0.4, -0.2) is 39.7 Å². The number of anilines is 1. The summed E-state index contributed by atoms with van der Waals surface area (Å²) in [4.78, 5) is 18.5. The monoisotopic (exact) mass is 501 g/mol. The number of nitrogen functional groups attached to an aromatic ring is 1. The molecule has 5 rings (SSSR count). The maximum absolute atomic E-state index is 9.60. The maximum atomic E-state index is 9.60. The van der Waals surface area contributed by atoms with E-state index in [4.69, 9.17) is 10.5 Å². The first-order valence-electron chi connectivity index (χ1n) is 12.5. The SMILES string of the molecule is CC(C)(C)OC=O.Cc1c(-c2ccc(Oc3ccccc3)cc2)c2c(N)ncnc2n1C1CCNCC1. The number of ether oxygens (including phenoxy) is 2. The number of nitrogens with zero attached hydrogens (tertiary/aromatic N) is 3. The molecule has 0 radical (unpaired) electrons. The van der Waals surface area contributed by atoms with Gasteiger partial charge in [-0.1, -0.05) is 30.3 Å². The Balaban J connectivity index is 0.000000405. The van der Waals surface area contributed by atoms with Crippen LogP contribution in [0.15, 0.2) is 60.9 Å². The molecule has 0 spiro atoms. The average molecular weight is 502 g/mol. The van der Waals surface area contributed by atoms with E-state index in [1.807, 2.05) is 63.2 Å². The number of hydrogen-bond acceptors (Lipinski definition) is 7. The van der Waals surface area contributed by atoms with E-state index < -0.39 is 0 Å². The first-order valence-corrected chi connectivity index (χ1v) is 12.5. The van der Waals surface area contributed by atoms with E-state index in [9.17, 15) is 4.79 Å². The zero-order valence-corrected chi connectivity index (χ0v) is 21.9. The van der Waals surface area contributed by atoms with Crippen LogP contribution < -0.4 is 15.8 Å². The number of hydrogen-bond donors (Lipinski definition) is 2. The van der Waals surface area contributed by atoms with Gasteiger partial charge in [0.25, 0.3) is 6.47 Å². The van der Waals surface area contributed by atoms with Gasteiger partial charge in [-0.05, 0) is 83.5 Å². The van der Waals surface area contributed by atoms with Gasteiger partial charge in [-0.15, -0.1) is 0 Å². The number of piperidine rings is 1. The molecule has 0 amide bonds. The van der Waals surface area contributed by atoms with Gasteiger partial charge in [-0.2, -0.15) is 0 Å². The molecule has 0 bridgehead atoms. The lowest BCUT2D eigenvalue weighted by Gasteiger charge is -2.26. The van der Waals surface area contributed by atoms with Crippen LogP contribution in [0.2, 0.25) is 0 Å². The van der Waals surface area contributed by atoms with Crippen LogP contribution in [0.4, 0.5) is 5.82 Å². The van der Waals surface area contributed by atoms with Crippen LogP contribution in [0.1, 0.15) is 45.3 Å². The third-order valence-electron chi connectivity index (χ3n) is 6.26. The van der Waals surface area contributed by atoms with E-state index in [0.29, 0.717) is 18.3 Å². The largest absolute Gasteiger partial charge is 0.462 e. The molecule has 8 heteroatoms. The van der Waals surface area contributed by atoms with E-state index in [1.54, 1.807) is 6.33 Å². The fourth-order valence-corrected chi connectivity index (χ4v) is 4.60. The van der Waals surface area contributed by atoms with Crippen LogP contribution in [0, 0.1) is 6.92 Å². The molecule has 0 aliphatic carbocycles. The Labute approximate surface area is 217 Å². The second-order valence-electron chi connectivity index (χ2n) is 10.0. The van der Waals surface area contributed by atoms with Crippen LogP contribution in [0.25, 0.3) is 22.2 Å². The molecule has 1 aliphatic heterocycles. The number of carbonyl (C=O) groups excluding carboxylic acids is 1. The molecule has 3 heterocycles. The minimum Gasteiger partial charge on any atom is -0.462 e. The summed E-state index contributed by atoms with van der Waals surface area (Å²) in [6.07, 6.45) is 3.73. The highest BCUT2D eigenvalue weighted by Crippen LogP contribution is 2.40. The molecule has 2 aromatic carbocycles. The van der Waals surface area contributed by atoms with Gasteiger partial charge in [0.05, 0.1) is 5.39 Å². The average Bonchev–Trinajstić information content (AvgIpc) is 3.18. The minimum absolute atomic E-state index is 0.318. The standard InChI is InChI=1S/C24H25N5O.C5H10O2/c1-16-21(17-7-9-20(10-8-17)30-19-5-3-2-4-6-19)22-23(25)27-15-28-24(22)29(16)18-11-13-26-14-12-18;1-5(2,3)7-4-6/h2-10,15,18,26H,11-14H2,1H3,(H2,25,27,28);4H,1-3H3. The van der Waals surface area contributed by atoms with Gasteiger partial charge in [0.1, 0.15) is 34.9 Å². The van der Waals surface area contributed by atoms with Crippen molar-refractivity contribution in [1.29, 1.82) is 0 Å². The molecule has 0 saturated carbocycles. The molecule has 1 saturated heterocycles. The van der Waals surface area contributed by atoms with Gasteiger partial charge in [0, 0.05) is 17.3 Å². The summed E-state index contributed by atoms with van der Waals surface area (Å²) in [6, 6.07) is 18.4. The summed E-state index contributed by atoms with van der Waals surface area (Å²) in [5, 5.41) is 4.38. The Bertz CT molecular complexity index is 1320. The van der Waals surface area contributed by atoms with Crippen LogP contribution in [-0.2, 0) is 9.53 Å². The first kappa shape index (κ1) is 26.2. The Hall–Kier alpha value is -3.91. The highest BCUT2D eigenvalue weighted by Gasteiger charge is 2.25. The van der Waals surface area contributed by atoms with Crippen molar-refractivity contribution in [3.8, 4) is 22.6 Å².